The van der Waals surface area contributed by atoms with Gasteiger partial charge in [0.05, 0.1) is 0 Å². The van der Waals surface area contributed by atoms with Gasteiger partial charge in [0, 0.05) is 5.48 Å². The molecule has 2 heteroatoms. The van der Waals surface area contributed by atoms with Gasteiger partial charge in [-0.25, -0.2) is 0 Å². The lowest BCUT2D eigenvalue weighted by Crippen LogP contribution is -2.09. The molecule has 0 heterocycles. The van der Waals surface area contributed by atoms with Crippen LogP contribution < -0.4 is 11.1 Å². The van der Waals surface area contributed by atoms with Crippen LogP contribution in [0.15, 0.2) is 0 Å². The van der Waals surface area contributed by atoms with E-state index in [1.54, 1.807) is 0 Å². The summed E-state index contributed by atoms with van der Waals surface area (Å²) >= 11 is 0. The Labute approximate surface area is 50.7 Å². The maximum atomic E-state index is 6.92. The molecule has 3 N–H and O–H groups in total. The van der Waals surface area contributed by atoms with Crippen molar-refractivity contribution in [3.8, 4) is 0 Å². The molecule has 1 atom stereocenters. The Hall–Kier alpha value is -0.0800. The van der Waals surface area contributed by atoms with Gasteiger partial charge in [0.25, 0.3) is 0 Å². The number of rotatable bonds is 4. The van der Waals surface area contributed by atoms with Crippen molar-refractivity contribution in [2.24, 2.45) is 5.73 Å². The first-order valence-corrected chi connectivity index (χ1v) is 2.35. The highest BCUT2D eigenvalue weighted by molar-refractivity contribution is 4.41. The van der Waals surface area contributed by atoms with Crippen LogP contribution in [-0.2, 0) is 0 Å². The molecule has 0 unspecified atom stereocenters. The van der Waals surface area contributed by atoms with Gasteiger partial charge < -0.3 is 11.1 Å². The Bertz CT molecular complexity index is 101. The Morgan fingerprint density at radius 2 is 2.71 bits per heavy atom. The summed E-state index contributed by atoms with van der Waals surface area (Å²) in [7, 11) is 0. The second kappa shape index (κ2) is 5.92. The minimum atomic E-state index is -2.06. The van der Waals surface area contributed by atoms with Crippen LogP contribution in [-0.4, -0.2) is 20.0 Å². The first-order chi connectivity index (χ1) is 4.92. The van der Waals surface area contributed by atoms with Crippen molar-refractivity contribution in [2.45, 2.75) is 12.8 Å². The standard InChI is InChI=1S/C5H14N2/c1-7-5-3-2-4-6/h7H,2-6H2,1H3/i1+1D3,4D/t4-/m1/s1. The highest BCUT2D eigenvalue weighted by Gasteiger charge is 1.78. The van der Waals surface area contributed by atoms with Crippen LogP contribution in [0.25, 0.3) is 0 Å². The average Bonchev–Trinajstić information content (AvgIpc) is 1.78. The predicted molar refractivity (Wildman–Crippen MR) is 32.2 cm³/mol. The van der Waals surface area contributed by atoms with Crippen molar-refractivity contribution in [3.63, 3.8) is 0 Å². The van der Waals surface area contributed by atoms with E-state index in [0.717, 1.165) is 0 Å². The predicted octanol–water partition coefficient (Wildman–Crippen LogP) is -0.0553. The van der Waals surface area contributed by atoms with Gasteiger partial charge >= 0.3 is 0 Å². The van der Waals surface area contributed by atoms with E-state index in [1.165, 1.54) is 0 Å². The van der Waals surface area contributed by atoms with E-state index in [4.69, 9.17) is 11.2 Å². The molecular formula is C5H14N2. The minimum absolute atomic E-state index is 0.392. The summed E-state index contributed by atoms with van der Waals surface area (Å²) in [6, 6.07) is 0. The molecule has 2 nitrogen and oxygen atoms in total. The van der Waals surface area contributed by atoms with E-state index in [1.807, 2.05) is 0 Å². The maximum absolute atomic E-state index is 6.92. The minimum Gasteiger partial charge on any atom is -0.330 e. The zero-order valence-electron chi connectivity index (χ0n) is 8.28. The van der Waals surface area contributed by atoms with Crippen molar-refractivity contribution >= 4 is 0 Å². The summed E-state index contributed by atoms with van der Waals surface area (Å²) in [6.07, 6.45) is 1.16. The van der Waals surface area contributed by atoms with Gasteiger partial charge in [-0.1, -0.05) is 0 Å². The van der Waals surface area contributed by atoms with Crippen molar-refractivity contribution in [1.29, 1.82) is 0 Å². The third kappa shape index (κ3) is 5.92. The van der Waals surface area contributed by atoms with Gasteiger partial charge in [0.1, 0.15) is 0 Å². The summed E-state index contributed by atoms with van der Waals surface area (Å²) in [5.41, 5.74) is 5.14. The SMILES string of the molecule is [2H][C@@H](N)CCCN[13C]([2H])([2H])[2H]. The highest BCUT2D eigenvalue weighted by Crippen LogP contribution is 1.79. The average molecular weight is 107 g/mol. The van der Waals surface area contributed by atoms with Crippen LogP contribution in [0.2, 0.25) is 0 Å². The van der Waals surface area contributed by atoms with E-state index in [2.05, 4.69) is 5.32 Å². The third-order valence-electron chi connectivity index (χ3n) is 0.673. The molecule has 0 rings (SSSR count). The van der Waals surface area contributed by atoms with Gasteiger partial charge in [-0.2, -0.15) is 0 Å². The third-order valence-corrected chi connectivity index (χ3v) is 0.673. The molecule has 0 amide bonds. The molecule has 0 radical (unpaired) electrons. The van der Waals surface area contributed by atoms with Crippen LogP contribution in [0.1, 0.15) is 18.3 Å². The summed E-state index contributed by atoms with van der Waals surface area (Å²) in [6.45, 7) is -2.26. The van der Waals surface area contributed by atoms with Crippen LogP contribution in [0, 0.1) is 0 Å². The van der Waals surface area contributed by atoms with E-state index in [-0.39, 0.29) is 0 Å². The lowest BCUT2D eigenvalue weighted by atomic mass is 10.3. The molecule has 0 aliphatic rings. The molecule has 0 saturated heterocycles. The number of hydrogen-bond donors (Lipinski definition) is 2. The molecule has 0 aromatic rings. The van der Waals surface area contributed by atoms with Gasteiger partial charge in [0.2, 0.25) is 0 Å². The van der Waals surface area contributed by atoms with E-state index >= 15 is 0 Å². The molecule has 44 valence electrons. The van der Waals surface area contributed by atoms with Gasteiger partial charge in [-0.05, 0) is 32.9 Å². The normalized spacial score (nSPS) is 24.1. The second-order valence-corrected chi connectivity index (χ2v) is 1.30. The second-order valence-electron chi connectivity index (χ2n) is 1.30. The Morgan fingerprint density at radius 1 is 1.86 bits per heavy atom. The lowest BCUT2D eigenvalue weighted by Gasteiger charge is -1.93. The summed E-state index contributed by atoms with van der Waals surface area (Å²) in [5, 5.41) is 2.34. The van der Waals surface area contributed by atoms with E-state index in [0.29, 0.717) is 19.4 Å². The van der Waals surface area contributed by atoms with Crippen LogP contribution in [0.5, 0.6) is 0 Å². The molecule has 0 aromatic carbocycles. The van der Waals surface area contributed by atoms with Crippen LogP contribution >= 0.6 is 0 Å². The summed E-state index contributed by atoms with van der Waals surface area (Å²) in [5.74, 6) is 0. The molecule has 0 saturated carbocycles. The zero-order chi connectivity index (χ0) is 8.91. The smallest absolute Gasteiger partial charge is 0.0425 e. The zero-order valence-corrected chi connectivity index (χ0v) is 4.28. The monoisotopic (exact) mass is 107 g/mol. The number of nitrogens with one attached hydrogen (secondary N) is 1. The topological polar surface area (TPSA) is 38.0 Å². The molecular weight excluding hydrogens is 89.1 g/mol. The molecule has 0 bridgehead atoms. The van der Waals surface area contributed by atoms with Crippen molar-refractivity contribution in [1.82, 2.24) is 5.32 Å². The molecule has 0 aromatic heterocycles. The van der Waals surface area contributed by atoms with Gasteiger partial charge in [-0.3, -0.25) is 0 Å². The van der Waals surface area contributed by atoms with Crippen LogP contribution in [0.3, 0.4) is 0 Å². The van der Waals surface area contributed by atoms with Crippen molar-refractivity contribution in [2.75, 3.05) is 20.0 Å². The van der Waals surface area contributed by atoms with Crippen LogP contribution in [0.4, 0.5) is 0 Å². The van der Waals surface area contributed by atoms with Crippen molar-refractivity contribution in [3.05, 3.63) is 0 Å². The molecule has 0 fully saturated rings. The first-order valence-electron chi connectivity index (χ1n) is 4.42. The molecule has 0 aliphatic heterocycles. The first kappa shape index (κ1) is 2.46. The Morgan fingerprint density at radius 3 is 3.29 bits per heavy atom. The van der Waals surface area contributed by atoms with Gasteiger partial charge in [-0.15, -0.1) is 0 Å². The largest absolute Gasteiger partial charge is 0.330 e. The number of hydrogen-bond acceptors (Lipinski definition) is 2. The quantitative estimate of drug-likeness (QED) is 0.390. The fourth-order valence-corrected chi connectivity index (χ4v) is 0.308. The Balaban J connectivity index is 3.15. The van der Waals surface area contributed by atoms with Gasteiger partial charge in [0.15, 0.2) is 0 Å². The van der Waals surface area contributed by atoms with E-state index < -0.39 is 13.5 Å². The lowest BCUT2D eigenvalue weighted by molar-refractivity contribution is 0.684. The fraction of sp³-hybridized carbons (Fsp3) is 1.00. The molecule has 0 aliphatic carbocycles. The van der Waals surface area contributed by atoms with Crippen molar-refractivity contribution < 1.29 is 5.48 Å². The fourth-order valence-electron chi connectivity index (χ4n) is 0.308. The summed E-state index contributed by atoms with van der Waals surface area (Å²) < 4.78 is 27.2. The Kier molecular flexibility index (Phi) is 2.08. The number of nitrogens with two attached hydrogens (primary N) is 1. The molecule has 0 spiro atoms. The van der Waals surface area contributed by atoms with E-state index in [9.17, 15) is 0 Å². The highest BCUT2D eigenvalue weighted by atomic mass is 14.9. The molecule has 7 heavy (non-hydrogen) atoms. The summed E-state index contributed by atoms with van der Waals surface area (Å²) in [4.78, 5) is 0. The maximum Gasteiger partial charge on any atom is 0.0425 e.